The Kier molecular flexibility index (Phi) is 5.39. The highest BCUT2D eigenvalue weighted by molar-refractivity contribution is 5.94. The van der Waals surface area contributed by atoms with Crippen LogP contribution in [0.3, 0.4) is 0 Å². The fourth-order valence-electron chi connectivity index (χ4n) is 2.15. The summed E-state index contributed by atoms with van der Waals surface area (Å²) in [4.78, 5) is 12.0. The van der Waals surface area contributed by atoms with Crippen LogP contribution in [0.2, 0.25) is 0 Å². The minimum atomic E-state index is -4.70. The molecule has 1 unspecified atom stereocenters. The molecule has 0 aromatic heterocycles. The lowest BCUT2D eigenvalue weighted by Gasteiger charge is -2.22. The molecule has 0 heterocycles. The van der Waals surface area contributed by atoms with Crippen LogP contribution in [-0.2, 0) is 12.6 Å². The van der Waals surface area contributed by atoms with Gasteiger partial charge in [0.15, 0.2) is 0 Å². The van der Waals surface area contributed by atoms with E-state index in [4.69, 9.17) is 0 Å². The van der Waals surface area contributed by atoms with E-state index >= 15 is 0 Å². The molecular weight excluding hydrogens is 348 g/mol. The number of rotatable bonds is 4. The van der Waals surface area contributed by atoms with Crippen molar-refractivity contribution >= 4 is 5.91 Å². The average molecular weight is 361 g/mol. The quantitative estimate of drug-likeness (QED) is 0.792. The monoisotopic (exact) mass is 361 g/mol. The first-order valence-corrected chi connectivity index (χ1v) is 7.16. The molecule has 0 aliphatic carbocycles. The Morgan fingerprint density at radius 2 is 1.44 bits per heavy atom. The summed E-state index contributed by atoms with van der Waals surface area (Å²) < 4.78 is 76.9. The number of amides is 1. The lowest BCUT2D eigenvalue weighted by Crippen LogP contribution is -2.46. The molecule has 0 fully saturated rings. The van der Waals surface area contributed by atoms with Crippen LogP contribution in [0.15, 0.2) is 54.6 Å². The smallest absolute Gasteiger partial charge is 0.340 e. The molecule has 0 spiro atoms. The molecule has 25 heavy (non-hydrogen) atoms. The molecular formula is C17H13F6NO. The normalized spacial score (nSPS) is 13.4. The van der Waals surface area contributed by atoms with Gasteiger partial charge in [0.2, 0.25) is 0 Å². The van der Waals surface area contributed by atoms with E-state index in [9.17, 15) is 31.1 Å². The summed E-state index contributed by atoms with van der Waals surface area (Å²) in [6, 6.07) is 8.59. The van der Waals surface area contributed by atoms with Crippen molar-refractivity contribution in [3.63, 3.8) is 0 Å². The van der Waals surface area contributed by atoms with Gasteiger partial charge in [0.05, 0.1) is 5.56 Å². The molecule has 2 rings (SSSR count). The number of halogens is 6. The van der Waals surface area contributed by atoms with Gasteiger partial charge in [-0.15, -0.1) is 0 Å². The van der Waals surface area contributed by atoms with Gasteiger partial charge in [-0.25, -0.2) is 0 Å². The fraction of sp³-hybridized carbons (Fsp3) is 0.235. The number of alkyl halides is 6. The maximum Gasteiger partial charge on any atom is 0.416 e. The standard InChI is InChI=1S/C17H13F6NO/c18-16(19,20)13-8-6-12(7-9-13)15(25)24-14(17(21,22)23)10-11-4-2-1-3-5-11/h1-9,14H,10H2,(H,24,25). The first-order valence-electron chi connectivity index (χ1n) is 7.16. The van der Waals surface area contributed by atoms with Gasteiger partial charge in [-0.2, -0.15) is 26.3 Å². The third-order valence-corrected chi connectivity index (χ3v) is 3.46. The van der Waals surface area contributed by atoms with Crippen molar-refractivity contribution in [1.29, 1.82) is 0 Å². The number of hydrogen-bond acceptors (Lipinski definition) is 1. The van der Waals surface area contributed by atoms with Crippen molar-refractivity contribution in [2.75, 3.05) is 0 Å². The summed E-state index contributed by atoms with van der Waals surface area (Å²) >= 11 is 0. The minimum absolute atomic E-state index is 0.282. The van der Waals surface area contributed by atoms with E-state index in [2.05, 4.69) is 0 Å². The molecule has 1 N–H and O–H groups in total. The number of carbonyl (C=O) groups is 1. The van der Waals surface area contributed by atoms with Crippen molar-refractivity contribution < 1.29 is 31.1 Å². The van der Waals surface area contributed by atoms with Crippen LogP contribution in [0.5, 0.6) is 0 Å². The predicted octanol–water partition coefficient (Wildman–Crippen LogP) is 4.61. The topological polar surface area (TPSA) is 29.1 Å². The summed E-state index contributed by atoms with van der Waals surface area (Å²) in [5, 5.41) is 1.83. The Hall–Kier alpha value is -2.51. The largest absolute Gasteiger partial charge is 0.416 e. The lowest BCUT2D eigenvalue weighted by molar-refractivity contribution is -0.153. The van der Waals surface area contributed by atoms with Crippen LogP contribution in [0.25, 0.3) is 0 Å². The molecule has 2 aromatic rings. The summed E-state index contributed by atoms with van der Waals surface area (Å²) in [5.41, 5.74) is -0.895. The van der Waals surface area contributed by atoms with Crippen molar-refractivity contribution in [1.82, 2.24) is 5.32 Å². The third-order valence-electron chi connectivity index (χ3n) is 3.46. The molecule has 0 bridgehead atoms. The van der Waals surface area contributed by atoms with Gasteiger partial charge in [0.25, 0.3) is 5.91 Å². The first-order chi connectivity index (χ1) is 11.6. The van der Waals surface area contributed by atoms with E-state index in [1.165, 1.54) is 12.1 Å². The molecule has 8 heteroatoms. The van der Waals surface area contributed by atoms with Crippen molar-refractivity contribution in [2.24, 2.45) is 0 Å². The summed E-state index contributed by atoms with van der Waals surface area (Å²) in [7, 11) is 0. The molecule has 0 saturated carbocycles. The fourth-order valence-corrected chi connectivity index (χ4v) is 2.15. The minimum Gasteiger partial charge on any atom is -0.340 e. The van der Waals surface area contributed by atoms with E-state index in [1.54, 1.807) is 18.2 Å². The van der Waals surface area contributed by atoms with Crippen LogP contribution in [0.1, 0.15) is 21.5 Å². The van der Waals surface area contributed by atoms with Gasteiger partial charge in [0, 0.05) is 12.0 Å². The van der Waals surface area contributed by atoms with E-state index < -0.39 is 36.3 Å². The second-order valence-corrected chi connectivity index (χ2v) is 5.33. The van der Waals surface area contributed by atoms with Crippen LogP contribution in [0.4, 0.5) is 26.3 Å². The van der Waals surface area contributed by atoms with E-state index in [1.807, 2.05) is 5.32 Å². The highest BCUT2D eigenvalue weighted by Crippen LogP contribution is 2.29. The predicted molar refractivity (Wildman–Crippen MR) is 78.9 cm³/mol. The number of hydrogen-bond donors (Lipinski definition) is 1. The van der Waals surface area contributed by atoms with Crippen LogP contribution < -0.4 is 5.32 Å². The zero-order valence-electron chi connectivity index (χ0n) is 12.7. The number of nitrogens with one attached hydrogen (secondary N) is 1. The zero-order chi connectivity index (χ0) is 18.7. The molecule has 134 valence electrons. The maximum atomic E-state index is 13.1. The van der Waals surface area contributed by atoms with Gasteiger partial charge in [-0.05, 0) is 29.8 Å². The van der Waals surface area contributed by atoms with Crippen LogP contribution >= 0.6 is 0 Å². The Labute approximate surface area is 139 Å². The molecule has 2 nitrogen and oxygen atoms in total. The molecule has 1 amide bonds. The van der Waals surface area contributed by atoms with Gasteiger partial charge < -0.3 is 5.32 Å². The highest BCUT2D eigenvalue weighted by Gasteiger charge is 2.40. The van der Waals surface area contributed by atoms with E-state index in [0.717, 1.165) is 12.1 Å². The van der Waals surface area contributed by atoms with Crippen molar-refractivity contribution in [3.8, 4) is 0 Å². The maximum absolute atomic E-state index is 13.1. The molecule has 0 aliphatic heterocycles. The summed E-state index contributed by atoms with van der Waals surface area (Å²) in [5.74, 6) is -1.09. The molecule has 0 aliphatic rings. The van der Waals surface area contributed by atoms with Gasteiger partial charge in [-0.1, -0.05) is 30.3 Å². The van der Waals surface area contributed by atoms with E-state index in [-0.39, 0.29) is 5.56 Å². The SMILES string of the molecule is O=C(NC(Cc1ccccc1)C(F)(F)F)c1ccc(C(F)(F)F)cc1. The Bertz CT molecular complexity index is 707. The second kappa shape index (κ2) is 7.16. The molecule has 2 aromatic carbocycles. The molecule has 1 atom stereocenters. The van der Waals surface area contributed by atoms with Crippen molar-refractivity contribution in [3.05, 3.63) is 71.3 Å². The van der Waals surface area contributed by atoms with Crippen molar-refractivity contribution in [2.45, 2.75) is 24.8 Å². The zero-order valence-corrected chi connectivity index (χ0v) is 12.7. The van der Waals surface area contributed by atoms with Gasteiger partial charge in [-0.3, -0.25) is 4.79 Å². The molecule has 0 radical (unpaired) electrons. The molecule has 0 saturated heterocycles. The Morgan fingerprint density at radius 3 is 1.92 bits per heavy atom. The lowest BCUT2D eigenvalue weighted by atomic mass is 10.0. The summed E-state index contributed by atoms with van der Waals surface area (Å²) in [6.45, 7) is 0. The van der Waals surface area contributed by atoms with Crippen LogP contribution in [0, 0.1) is 0 Å². The van der Waals surface area contributed by atoms with E-state index in [0.29, 0.717) is 17.7 Å². The van der Waals surface area contributed by atoms with Gasteiger partial charge >= 0.3 is 12.4 Å². The third kappa shape index (κ3) is 5.23. The van der Waals surface area contributed by atoms with Crippen LogP contribution in [-0.4, -0.2) is 18.1 Å². The first kappa shape index (κ1) is 18.8. The Balaban J connectivity index is 2.14. The number of carbonyl (C=O) groups excluding carboxylic acids is 1. The second-order valence-electron chi connectivity index (χ2n) is 5.33. The average Bonchev–Trinajstić information content (AvgIpc) is 2.53. The van der Waals surface area contributed by atoms with Gasteiger partial charge in [0.1, 0.15) is 6.04 Å². The number of benzene rings is 2. The Morgan fingerprint density at radius 1 is 0.880 bits per heavy atom. The summed E-state index contributed by atoms with van der Waals surface area (Å²) in [6.07, 6.45) is -9.76. The highest BCUT2D eigenvalue weighted by atomic mass is 19.4.